The molecule has 0 unspecified atom stereocenters. The van der Waals surface area contributed by atoms with Gasteiger partial charge in [0.25, 0.3) is 0 Å². The van der Waals surface area contributed by atoms with Crippen LogP contribution in [0.4, 0.5) is 0 Å². The third kappa shape index (κ3) is 15.5. The van der Waals surface area contributed by atoms with E-state index in [2.05, 4.69) is 13.8 Å². The lowest BCUT2D eigenvalue weighted by Crippen LogP contribution is -2.50. The van der Waals surface area contributed by atoms with E-state index in [0.29, 0.717) is 13.2 Å². The Kier molecular flexibility index (Phi) is 21.8. The second-order valence-electron chi connectivity index (χ2n) is 8.41. The molecule has 0 heterocycles. The lowest BCUT2D eigenvalue weighted by molar-refractivity contribution is -0.170. The molecule has 0 aliphatic rings. The van der Waals surface area contributed by atoms with Gasteiger partial charge < -0.3 is 29.9 Å². The summed E-state index contributed by atoms with van der Waals surface area (Å²) in [5.74, 6) is 0. The van der Waals surface area contributed by atoms with Crippen LogP contribution in [0.5, 0.6) is 0 Å². The lowest BCUT2D eigenvalue weighted by atomic mass is 10.0. The molecule has 0 aromatic heterocycles. The van der Waals surface area contributed by atoms with Gasteiger partial charge in [-0.1, -0.05) is 90.9 Å². The maximum Gasteiger partial charge on any atom is 0.114 e. The predicted octanol–water partition coefficient (Wildman–Crippen LogP) is 3.96. The van der Waals surface area contributed by atoms with E-state index in [0.717, 1.165) is 38.5 Å². The summed E-state index contributed by atoms with van der Waals surface area (Å²) < 4.78 is 11.6. The normalized spacial score (nSPS) is 15.8. The highest BCUT2D eigenvalue weighted by atomic mass is 16.6. The Balaban J connectivity index is 4.35. The molecule has 0 fully saturated rings. The molecule has 6 nitrogen and oxygen atoms in total. The van der Waals surface area contributed by atoms with Crippen molar-refractivity contribution in [1.82, 2.24) is 0 Å². The summed E-state index contributed by atoms with van der Waals surface area (Å²) in [6.45, 7) is 4.32. The fourth-order valence-electron chi connectivity index (χ4n) is 3.61. The molecule has 30 heavy (non-hydrogen) atoms. The van der Waals surface area contributed by atoms with Crippen LogP contribution < -0.4 is 0 Å². The minimum Gasteiger partial charge on any atom is -0.394 e. The molecule has 0 radical (unpaired) electrons. The smallest absolute Gasteiger partial charge is 0.114 e. The summed E-state index contributed by atoms with van der Waals surface area (Å²) in [4.78, 5) is 0. The minimum absolute atomic E-state index is 0.435. The first kappa shape index (κ1) is 29.8. The summed E-state index contributed by atoms with van der Waals surface area (Å²) in [6.07, 6.45) is 12.1. The highest BCUT2D eigenvalue weighted by Gasteiger charge is 2.34. The van der Waals surface area contributed by atoms with E-state index in [1.165, 1.54) is 51.4 Å². The van der Waals surface area contributed by atoms with Crippen LogP contribution in [0.15, 0.2) is 0 Å². The maximum absolute atomic E-state index is 10.2. The lowest BCUT2D eigenvalue weighted by Gasteiger charge is -2.32. The van der Waals surface area contributed by atoms with Crippen LogP contribution in [0.25, 0.3) is 0 Å². The number of ether oxygens (including phenoxy) is 2. The van der Waals surface area contributed by atoms with Crippen molar-refractivity contribution in [3.8, 4) is 0 Å². The first-order chi connectivity index (χ1) is 14.6. The van der Waals surface area contributed by atoms with E-state index in [1.54, 1.807) is 0 Å². The molecule has 0 amide bonds. The van der Waals surface area contributed by atoms with Gasteiger partial charge in [0.2, 0.25) is 0 Å². The monoisotopic (exact) mass is 434 g/mol. The van der Waals surface area contributed by atoms with E-state index in [9.17, 15) is 20.4 Å². The first-order valence-electron chi connectivity index (χ1n) is 12.4. The van der Waals surface area contributed by atoms with E-state index >= 15 is 0 Å². The van der Waals surface area contributed by atoms with Crippen LogP contribution in [-0.2, 0) is 9.47 Å². The largest absolute Gasteiger partial charge is 0.394 e. The number of hydrogen-bond acceptors (Lipinski definition) is 6. The van der Waals surface area contributed by atoms with Gasteiger partial charge in [-0.25, -0.2) is 0 Å². The Hall–Kier alpha value is -0.240. The zero-order valence-corrected chi connectivity index (χ0v) is 19.6. The highest BCUT2D eigenvalue weighted by Crippen LogP contribution is 2.17. The van der Waals surface area contributed by atoms with Crippen molar-refractivity contribution in [2.24, 2.45) is 0 Å². The number of rotatable bonds is 23. The summed E-state index contributed by atoms with van der Waals surface area (Å²) in [6, 6.07) is 0. The Morgan fingerprint density at radius 1 is 0.500 bits per heavy atom. The van der Waals surface area contributed by atoms with E-state index in [-0.39, 0.29) is 0 Å². The number of aliphatic hydroxyl groups is 4. The van der Waals surface area contributed by atoms with Crippen LogP contribution in [0.2, 0.25) is 0 Å². The summed E-state index contributed by atoms with van der Waals surface area (Å²) >= 11 is 0. The van der Waals surface area contributed by atoms with Crippen LogP contribution in [0.3, 0.4) is 0 Å². The number of aliphatic hydroxyl groups excluding tert-OH is 4. The van der Waals surface area contributed by atoms with Gasteiger partial charge in [-0.2, -0.15) is 0 Å². The van der Waals surface area contributed by atoms with E-state index < -0.39 is 37.6 Å². The Bertz CT molecular complexity index is 310. The minimum atomic E-state index is -1.16. The standard InChI is InChI=1S/C24H50O6/c1-3-5-7-9-11-13-15-17-29-23(21(27)19-25)24(22(28)20-26)30-18-16-14-12-10-8-6-4-2/h21-28H,3-20H2,1-2H3/t21-,22+,23-,24-/m1/s1. The molecule has 4 atom stereocenters. The maximum atomic E-state index is 10.2. The molecule has 0 aliphatic heterocycles. The van der Waals surface area contributed by atoms with Crippen LogP contribution in [-0.4, -0.2) is 71.3 Å². The molecule has 0 aromatic rings. The second-order valence-corrected chi connectivity index (χ2v) is 8.41. The molecule has 4 N–H and O–H groups in total. The van der Waals surface area contributed by atoms with Gasteiger partial charge in [0.15, 0.2) is 0 Å². The van der Waals surface area contributed by atoms with Gasteiger partial charge in [-0.3, -0.25) is 0 Å². The van der Waals surface area contributed by atoms with Gasteiger partial charge in [-0.05, 0) is 12.8 Å². The Morgan fingerprint density at radius 3 is 1.10 bits per heavy atom. The van der Waals surface area contributed by atoms with E-state index in [4.69, 9.17) is 9.47 Å². The van der Waals surface area contributed by atoms with Crippen molar-refractivity contribution in [3.63, 3.8) is 0 Å². The van der Waals surface area contributed by atoms with Crippen molar-refractivity contribution in [1.29, 1.82) is 0 Å². The SMILES string of the molecule is CCCCCCCCCO[C@@H]([C@H](OCCCCCCCCC)[C@@H](O)CO)[C@H](O)CO. The molecule has 0 spiro atoms. The van der Waals surface area contributed by atoms with Crippen molar-refractivity contribution in [2.75, 3.05) is 26.4 Å². The molecule has 0 rings (SSSR count). The molecule has 0 saturated heterocycles. The number of unbranched alkanes of at least 4 members (excludes halogenated alkanes) is 12. The number of hydrogen-bond donors (Lipinski definition) is 4. The van der Waals surface area contributed by atoms with Crippen molar-refractivity contribution >= 4 is 0 Å². The third-order valence-corrected chi connectivity index (χ3v) is 5.57. The van der Waals surface area contributed by atoms with Gasteiger partial charge in [0.05, 0.1) is 13.2 Å². The second kappa shape index (κ2) is 22.0. The van der Waals surface area contributed by atoms with Crippen molar-refractivity contribution in [3.05, 3.63) is 0 Å². The summed E-state index contributed by atoms with van der Waals surface area (Å²) in [7, 11) is 0. The third-order valence-electron chi connectivity index (χ3n) is 5.57. The fourth-order valence-corrected chi connectivity index (χ4v) is 3.61. The van der Waals surface area contributed by atoms with Crippen LogP contribution in [0.1, 0.15) is 104 Å². The van der Waals surface area contributed by atoms with Crippen LogP contribution >= 0.6 is 0 Å². The topological polar surface area (TPSA) is 99.4 Å². The van der Waals surface area contributed by atoms with E-state index in [1.807, 2.05) is 0 Å². The van der Waals surface area contributed by atoms with Crippen molar-refractivity contribution < 1.29 is 29.9 Å². The zero-order chi connectivity index (χ0) is 22.5. The fraction of sp³-hybridized carbons (Fsp3) is 1.00. The molecule has 0 aliphatic carbocycles. The quantitative estimate of drug-likeness (QED) is 0.182. The average Bonchev–Trinajstić information content (AvgIpc) is 2.76. The van der Waals surface area contributed by atoms with Crippen LogP contribution in [0, 0.1) is 0 Å². The Labute approximate surface area is 185 Å². The molecular formula is C24H50O6. The van der Waals surface area contributed by atoms with Gasteiger partial charge in [-0.15, -0.1) is 0 Å². The highest BCUT2D eigenvalue weighted by molar-refractivity contribution is 4.83. The molecule has 0 bridgehead atoms. The molecule has 182 valence electrons. The molecule has 0 aromatic carbocycles. The van der Waals surface area contributed by atoms with Crippen molar-refractivity contribution in [2.45, 2.75) is 128 Å². The Morgan fingerprint density at radius 2 is 0.800 bits per heavy atom. The summed E-state index contributed by atoms with van der Waals surface area (Å²) in [5.41, 5.74) is 0. The van der Waals surface area contributed by atoms with Gasteiger partial charge in [0.1, 0.15) is 24.4 Å². The predicted molar refractivity (Wildman–Crippen MR) is 122 cm³/mol. The zero-order valence-electron chi connectivity index (χ0n) is 19.6. The molecule has 6 heteroatoms. The average molecular weight is 435 g/mol. The molecule has 0 saturated carbocycles. The van der Waals surface area contributed by atoms with Gasteiger partial charge >= 0.3 is 0 Å². The first-order valence-corrected chi connectivity index (χ1v) is 12.4. The van der Waals surface area contributed by atoms with Gasteiger partial charge in [0, 0.05) is 13.2 Å². The summed E-state index contributed by atoms with van der Waals surface area (Å²) in [5, 5.41) is 39.2. The molecular weight excluding hydrogens is 384 g/mol.